The van der Waals surface area contributed by atoms with E-state index in [9.17, 15) is 4.79 Å². The van der Waals surface area contributed by atoms with Crippen LogP contribution in [0.2, 0.25) is 0 Å². The van der Waals surface area contributed by atoms with Gasteiger partial charge < -0.3 is 11.1 Å². The first kappa shape index (κ1) is 12.0. The molecule has 0 fully saturated rings. The van der Waals surface area contributed by atoms with Crippen molar-refractivity contribution in [2.75, 3.05) is 5.32 Å². The number of nitrogens with one attached hydrogen (secondary N) is 1. The van der Waals surface area contributed by atoms with Crippen molar-refractivity contribution in [1.29, 1.82) is 0 Å². The molecular weight excluding hydrogens is 228 g/mol. The van der Waals surface area contributed by atoms with Crippen molar-refractivity contribution < 1.29 is 4.79 Å². The number of rotatable bonds is 4. The molecule has 0 radical (unpaired) electrons. The molecule has 5 nitrogen and oxygen atoms in total. The third-order valence-corrected chi connectivity index (χ3v) is 2.51. The summed E-state index contributed by atoms with van der Waals surface area (Å²) in [5, 5.41) is 3.08. The van der Waals surface area contributed by atoms with E-state index in [1.54, 1.807) is 24.5 Å². The van der Waals surface area contributed by atoms with Gasteiger partial charge in [0.25, 0.3) is 5.91 Å². The van der Waals surface area contributed by atoms with Crippen LogP contribution >= 0.6 is 0 Å². The molecule has 5 heteroatoms. The molecule has 0 bridgehead atoms. The van der Waals surface area contributed by atoms with Gasteiger partial charge in [0.1, 0.15) is 5.82 Å². The van der Waals surface area contributed by atoms with Crippen LogP contribution in [0.5, 0.6) is 0 Å². The average Bonchev–Trinajstić information content (AvgIpc) is 2.38. The highest BCUT2D eigenvalue weighted by atomic mass is 16.1. The molecular formula is C13H14N4O. The van der Waals surface area contributed by atoms with Gasteiger partial charge >= 0.3 is 0 Å². The molecule has 0 aromatic carbocycles. The minimum atomic E-state index is -0.493. The van der Waals surface area contributed by atoms with Crippen LogP contribution in [-0.4, -0.2) is 15.9 Å². The van der Waals surface area contributed by atoms with E-state index in [4.69, 9.17) is 5.73 Å². The zero-order valence-corrected chi connectivity index (χ0v) is 10.1. The van der Waals surface area contributed by atoms with Gasteiger partial charge in [0.05, 0.1) is 5.56 Å². The summed E-state index contributed by atoms with van der Waals surface area (Å²) in [5.74, 6) is -0.00166. The van der Waals surface area contributed by atoms with Crippen molar-refractivity contribution in [1.82, 2.24) is 9.97 Å². The van der Waals surface area contributed by atoms with Crippen LogP contribution < -0.4 is 11.1 Å². The molecule has 2 aromatic rings. The molecule has 0 unspecified atom stereocenters. The predicted molar refractivity (Wildman–Crippen MR) is 69.1 cm³/mol. The normalized spacial score (nSPS) is 10.1. The average molecular weight is 242 g/mol. The Morgan fingerprint density at radius 2 is 2.17 bits per heavy atom. The monoisotopic (exact) mass is 242 g/mol. The molecule has 0 spiro atoms. The Kier molecular flexibility index (Phi) is 3.52. The number of aryl methyl sites for hydroxylation is 1. The number of nitrogens with two attached hydrogens (primary N) is 1. The highest BCUT2D eigenvalue weighted by molar-refractivity contribution is 5.97. The smallest absolute Gasteiger partial charge is 0.252 e. The number of carbonyl (C=O) groups excluding carboxylic acids is 1. The number of primary amides is 1. The first-order valence-corrected chi connectivity index (χ1v) is 5.57. The van der Waals surface area contributed by atoms with E-state index in [0.29, 0.717) is 17.9 Å². The number of hydrogen-bond acceptors (Lipinski definition) is 4. The molecule has 92 valence electrons. The lowest BCUT2D eigenvalue weighted by atomic mass is 10.2. The van der Waals surface area contributed by atoms with Crippen LogP contribution in [0.25, 0.3) is 0 Å². The van der Waals surface area contributed by atoms with Gasteiger partial charge in [0.15, 0.2) is 0 Å². The Balaban J connectivity index is 2.10. The lowest BCUT2D eigenvalue weighted by molar-refractivity contribution is 0.100. The lowest BCUT2D eigenvalue weighted by Crippen LogP contribution is -2.15. The number of amides is 1. The fourth-order valence-corrected chi connectivity index (χ4v) is 1.53. The van der Waals surface area contributed by atoms with Gasteiger partial charge in [-0.15, -0.1) is 0 Å². The van der Waals surface area contributed by atoms with Crippen molar-refractivity contribution in [3.05, 3.63) is 53.5 Å². The van der Waals surface area contributed by atoms with Gasteiger partial charge in [-0.05, 0) is 30.7 Å². The van der Waals surface area contributed by atoms with Gasteiger partial charge in [0.2, 0.25) is 0 Å². The summed E-state index contributed by atoms with van der Waals surface area (Å²) in [7, 11) is 0. The van der Waals surface area contributed by atoms with E-state index in [2.05, 4.69) is 15.3 Å². The minimum absolute atomic E-state index is 0.387. The van der Waals surface area contributed by atoms with Crippen molar-refractivity contribution in [2.45, 2.75) is 13.5 Å². The van der Waals surface area contributed by atoms with Gasteiger partial charge in [0, 0.05) is 24.6 Å². The third kappa shape index (κ3) is 2.82. The highest BCUT2D eigenvalue weighted by Gasteiger charge is 2.07. The molecule has 0 aliphatic carbocycles. The van der Waals surface area contributed by atoms with E-state index in [1.165, 1.54) is 0 Å². The molecule has 3 N–H and O–H groups in total. The number of carbonyl (C=O) groups is 1. The quantitative estimate of drug-likeness (QED) is 0.851. The largest absolute Gasteiger partial charge is 0.365 e. The maximum absolute atomic E-state index is 11.2. The molecule has 0 aliphatic rings. The van der Waals surface area contributed by atoms with E-state index >= 15 is 0 Å². The lowest BCUT2D eigenvalue weighted by Gasteiger charge is -2.08. The Hall–Kier alpha value is -2.43. The molecule has 0 saturated carbocycles. The molecule has 2 heterocycles. The third-order valence-electron chi connectivity index (χ3n) is 2.51. The summed E-state index contributed by atoms with van der Waals surface area (Å²) in [6, 6.07) is 7.23. The van der Waals surface area contributed by atoms with Crippen molar-refractivity contribution in [3.8, 4) is 0 Å². The molecule has 18 heavy (non-hydrogen) atoms. The zero-order chi connectivity index (χ0) is 13.0. The zero-order valence-electron chi connectivity index (χ0n) is 10.1. The maximum Gasteiger partial charge on any atom is 0.252 e. The van der Waals surface area contributed by atoms with Crippen LogP contribution in [-0.2, 0) is 6.54 Å². The second-order valence-electron chi connectivity index (χ2n) is 3.93. The highest BCUT2D eigenvalue weighted by Crippen LogP contribution is 2.12. The number of hydrogen-bond donors (Lipinski definition) is 2. The molecule has 2 rings (SSSR count). The Labute approximate surface area is 105 Å². The van der Waals surface area contributed by atoms with E-state index < -0.39 is 5.91 Å². The Morgan fingerprint density at radius 3 is 2.83 bits per heavy atom. The number of aromatic nitrogens is 2. The van der Waals surface area contributed by atoms with Crippen molar-refractivity contribution >= 4 is 11.7 Å². The Bertz CT molecular complexity index is 551. The second kappa shape index (κ2) is 5.27. The van der Waals surface area contributed by atoms with Crippen LogP contribution in [0.4, 0.5) is 5.82 Å². The topological polar surface area (TPSA) is 80.9 Å². The van der Waals surface area contributed by atoms with Crippen LogP contribution in [0.1, 0.15) is 21.6 Å². The number of pyridine rings is 2. The first-order chi connectivity index (χ1) is 8.66. The van der Waals surface area contributed by atoms with Gasteiger partial charge in [-0.25, -0.2) is 4.98 Å². The van der Waals surface area contributed by atoms with Crippen molar-refractivity contribution in [3.63, 3.8) is 0 Å². The maximum atomic E-state index is 11.2. The minimum Gasteiger partial charge on any atom is -0.365 e. The summed E-state index contributed by atoms with van der Waals surface area (Å²) in [6.45, 7) is 2.48. The standard InChI is InChI=1S/C13H14N4O/c1-9-4-5-10(7-16-9)8-17-13-11(12(14)18)3-2-6-15-13/h2-7H,8H2,1H3,(H2,14,18)(H,15,17). The van der Waals surface area contributed by atoms with Gasteiger partial charge in [-0.2, -0.15) is 0 Å². The van der Waals surface area contributed by atoms with Crippen molar-refractivity contribution in [2.24, 2.45) is 5.73 Å². The Morgan fingerprint density at radius 1 is 1.33 bits per heavy atom. The number of anilines is 1. The predicted octanol–water partition coefficient (Wildman–Crippen LogP) is 1.50. The second-order valence-corrected chi connectivity index (χ2v) is 3.93. The summed E-state index contributed by atoms with van der Waals surface area (Å²) in [6.07, 6.45) is 3.40. The fraction of sp³-hybridized carbons (Fsp3) is 0.154. The van der Waals surface area contributed by atoms with Crippen LogP contribution in [0, 0.1) is 6.92 Å². The van der Waals surface area contributed by atoms with Crippen LogP contribution in [0.3, 0.4) is 0 Å². The SMILES string of the molecule is Cc1ccc(CNc2ncccc2C(N)=O)cn1. The van der Waals surface area contributed by atoms with E-state index in [-0.39, 0.29) is 0 Å². The molecule has 1 amide bonds. The molecule has 2 aromatic heterocycles. The van der Waals surface area contributed by atoms with Gasteiger partial charge in [-0.1, -0.05) is 6.07 Å². The fourth-order valence-electron chi connectivity index (χ4n) is 1.53. The summed E-state index contributed by atoms with van der Waals surface area (Å²) in [5.41, 5.74) is 7.64. The van der Waals surface area contributed by atoms with Gasteiger partial charge in [-0.3, -0.25) is 9.78 Å². The molecule has 0 atom stereocenters. The molecule has 0 saturated heterocycles. The summed E-state index contributed by atoms with van der Waals surface area (Å²) in [4.78, 5) is 19.5. The summed E-state index contributed by atoms with van der Waals surface area (Å²) >= 11 is 0. The first-order valence-electron chi connectivity index (χ1n) is 5.57. The number of nitrogens with zero attached hydrogens (tertiary/aromatic N) is 2. The van der Waals surface area contributed by atoms with E-state index in [1.807, 2.05) is 19.1 Å². The molecule has 0 aliphatic heterocycles. The van der Waals surface area contributed by atoms with E-state index in [0.717, 1.165) is 11.3 Å². The van der Waals surface area contributed by atoms with Crippen LogP contribution in [0.15, 0.2) is 36.7 Å². The summed E-state index contributed by atoms with van der Waals surface area (Å²) < 4.78 is 0.